The van der Waals surface area contributed by atoms with Crippen LogP contribution >= 0.6 is 11.3 Å². The van der Waals surface area contributed by atoms with E-state index in [9.17, 15) is 14.4 Å². The summed E-state index contributed by atoms with van der Waals surface area (Å²) in [6.45, 7) is 3.62. The lowest BCUT2D eigenvalue weighted by Gasteiger charge is -2.21. The van der Waals surface area contributed by atoms with Crippen LogP contribution in [0, 0.1) is 5.92 Å². The summed E-state index contributed by atoms with van der Waals surface area (Å²) in [6.07, 6.45) is 2.93. The molecule has 0 radical (unpaired) electrons. The minimum atomic E-state index is -0.802. The van der Waals surface area contributed by atoms with E-state index in [4.69, 9.17) is 0 Å². The molecule has 3 N–H and O–H groups in total. The molecule has 0 bridgehead atoms. The van der Waals surface area contributed by atoms with Gasteiger partial charge >= 0.3 is 0 Å². The molecule has 3 amide bonds. The van der Waals surface area contributed by atoms with Crippen LogP contribution in [0.5, 0.6) is 0 Å². The van der Waals surface area contributed by atoms with Gasteiger partial charge in [-0.1, -0.05) is 38.1 Å². The van der Waals surface area contributed by atoms with E-state index in [0.717, 1.165) is 5.69 Å². The maximum absolute atomic E-state index is 12.6. The van der Waals surface area contributed by atoms with Gasteiger partial charge in [-0.3, -0.25) is 29.8 Å². The van der Waals surface area contributed by atoms with Crippen molar-refractivity contribution in [1.82, 2.24) is 25.7 Å². The van der Waals surface area contributed by atoms with Gasteiger partial charge in [0.25, 0.3) is 17.7 Å². The first-order chi connectivity index (χ1) is 14.0. The summed E-state index contributed by atoms with van der Waals surface area (Å²) in [5.74, 6) is -1.54. The Bertz CT molecular complexity index is 983. The maximum atomic E-state index is 12.6. The van der Waals surface area contributed by atoms with Gasteiger partial charge in [0.05, 0.1) is 17.4 Å². The lowest BCUT2D eigenvalue weighted by atomic mass is 10.0. The lowest BCUT2D eigenvalue weighted by molar-refractivity contribution is -0.124. The number of aromatic nitrogens is 2. The zero-order chi connectivity index (χ0) is 20.8. The highest BCUT2D eigenvalue weighted by Gasteiger charge is 2.26. The molecule has 1 atom stereocenters. The van der Waals surface area contributed by atoms with Crippen LogP contribution in [0.2, 0.25) is 0 Å². The molecule has 2 heterocycles. The Balaban J connectivity index is 1.64. The van der Waals surface area contributed by atoms with Crippen molar-refractivity contribution >= 4 is 29.1 Å². The van der Waals surface area contributed by atoms with Crippen LogP contribution in [0.3, 0.4) is 0 Å². The van der Waals surface area contributed by atoms with E-state index in [-0.39, 0.29) is 17.5 Å². The van der Waals surface area contributed by atoms with E-state index >= 15 is 0 Å². The summed E-state index contributed by atoms with van der Waals surface area (Å²) < 4.78 is 1.61. The summed E-state index contributed by atoms with van der Waals surface area (Å²) in [6, 6.07) is 11.9. The minimum absolute atomic E-state index is 0.175. The summed E-state index contributed by atoms with van der Waals surface area (Å²) in [5, 5.41) is 4.49. The van der Waals surface area contributed by atoms with Gasteiger partial charge in [-0.2, -0.15) is 0 Å². The van der Waals surface area contributed by atoms with Gasteiger partial charge in [0.1, 0.15) is 11.7 Å². The van der Waals surface area contributed by atoms with Gasteiger partial charge in [-0.05, 0) is 29.5 Å². The summed E-state index contributed by atoms with van der Waals surface area (Å²) in [5.41, 5.74) is 5.81. The second-order valence-corrected chi connectivity index (χ2v) is 7.55. The monoisotopic (exact) mass is 411 g/mol. The molecule has 2 aromatic heterocycles. The molecule has 3 rings (SSSR count). The van der Waals surface area contributed by atoms with Crippen molar-refractivity contribution in [2.45, 2.75) is 19.9 Å². The van der Waals surface area contributed by atoms with Crippen LogP contribution in [0.15, 0.2) is 60.4 Å². The van der Waals surface area contributed by atoms with Crippen LogP contribution in [0.25, 0.3) is 5.69 Å². The number of nitrogens with zero attached hydrogens (tertiary/aromatic N) is 2. The van der Waals surface area contributed by atoms with Crippen molar-refractivity contribution in [2.75, 3.05) is 0 Å². The highest BCUT2D eigenvalue weighted by Crippen LogP contribution is 2.11. The quantitative estimate of drug-likeness (QED) is 0.541. The second kappa shape index (κ2) is 9.16. The number of hydrogen-bond donors (Lipinski definition) is 3. The number of para-hydroxylation sites is 1. The van der Waals surface area contributed by atoms with E-state index in [0.29, 0.717) is 4.88 Å². The van der Waals surface area contributed by atoms with Crippen molar-refractivity contribution < 1.29 is 14.4 Å². The molecule has 0 aliphatic heterocycles. The van der Waals surface area contributed by atoms with Crippen molar-refractivity contribution in [3.8, 4) is 5.69 Å². The van der Waals surface area contributed by atoms with Crippen LogP contribution < -0.4 is 16.2 Å². The Kier molecular flexibility index (Phi) is 6.40. The second-order valence-electron chi connectivity index (χ2n) is 6.60. The summed E-state index contributed by atoms with van der Waals surface area (Å²) in [7, 11) is 0. The molecule has 29 heavy (non-hydrogen) atoms. The van der Waals surface area contributed by atoms with E-state index in [2.05, 4.69) is 21.2 Å². The molecular weight excluding hydrogens is 390 g/mol. The average molecular weight is 411 g/mol. The Morgan fingerprint density at radius 2 is 1.76 bits per heavy atom. The number of amides is 3. The van der Waals surface area contributed by atoms with E-state index < -0.39 is 17.9 Å². The van der Waals surface area contributed by atoms with Crippen LogP contribution in [-0.2, 0) is 4.79 Å². The topological polar surface area (TPSA) is 105 Å². The SMILES string of the molecule is CC(C)[C@@H](NC(=O)c1cccs1)C(=O)NNC(=O)c1cncn1-c1ccccc1. The number of rotatable bonds is 6. The molecule has 0 aliphatic carbocycles. The van der Waals surface area contributed by atoms with Gasteiger partial charge in [0.15, 0.2) is 0 Å². The number of hydrogen-bond acceptors (Lipinski definition) is 5. The Labute approximate surface area is 171 Å². The fraction of sp³-hybridized carbons (Fsp3) is 0.200. The smallest absolute Gasteiger partial charge is 0.288 e. The van der Waals surface area contributed by atoms with Crippen LogP contribution in [-0.4, -0.2) is 33.3 Å². The predicted octanol–water partition coefficient (Wildman–Crippen LogP) is 2.15. The van der Waals surface area contributed by atoms with Gasteiger partial charge in [0.2, 0.25) is 0 Å². The Morgan fingerprint density at radius 1 is 1.00 bits per heavy atom. The Morgan fingerprint density at radius 3 is 2.41 bits per heavy atom. The van der Waals surface area contributed by atoms with Gasteiger partial charge in [-0.25, -0.2) is 4.98 Å². The molecule has 0 fully saturated rings. The number of imidazole rings is 1. The molecule has 1 aromatic carbocycles. The number of hydrazine groups is 1. The standard InChI is InChI=1S/C20H21N5O3S/c1-13(2)17(22-19(27)16-9-6-10-29-16)20(28)24-23-18(26)15-11-21-12-25(15)14-7-4-3-5-8-14/h3-13,17H,1-2H3,(H,22,27)(H,23,26)(H,24,28)/t17-/m1/s1. The molecule has 150 valence electrons. The highest BCUT2D eigenvalue weighted by atomic mass is 32.1. The van der Waals surface area contributed by atoms with Crippen LogP contribution in [0.4, 0.5) is 0 Å². The molecule has 0 saturated heterocycles. The fourth-order valence-electron chi connectivity index (χ4n) is 2.67. The number of thiophene rings is 1. The molecule has 3 aromatic rings. The molecule has 0 saturated carbocycles. The van der Waals surface area contributed by atoms with E-state index in [1.165, 1.54) is 23.9 Å². The zero-order valence-electron chi connectivity index (χ0n) is 16.0. The number of carbonyl (C=O) groups excluding carboxylic acids is 3. The maximum Gasteiger partial charge on any atom is 0.288 e. The van der Waals surface area contributed by atoms with Gasteiger partial charge < -0.3 is 5.32 Å². The largest absolute Gasteiger partial charge is 0.339 e. The third kappa shape index (κ3) is 4.88. The van der Waals surface area contributed by atoms with Crippen molar-refractivity contribution in [2.24, 2.45) is 5.92 Å². The number of nitrogens with one attached hydrogen (secondary N) is 3. The highest BCUT2D eigenvalue weighted by molar-refractivity contribution is 7.12. The number of carbonyl (C=O) groups is 3. The molecular formula is C20H21N5O3S. The normalized spacial score (nSPS) is 11.7. The molecule has 0 unspecified atom stereocenters. The van der Waals surface area contributed by atoms with E-state index in [1.54, 1.807) is 22.1 Å². The third-order valence-corrected chi connectivity index (χ3v) is 5.05. The van der Waals surface area contributed by atoms with E-state index in [1.807, 2.05) is 44.2 Å². The van der Waals surface area contributed by atoms with Crippen molar-refractivity contribution in [1.29, 1.82) is 0 Å². The number of benzene rings is 1. The first kappa shape index (κ1) is 20.3. The first-order valence-corrected chi connectivity index (χ1v) is 9.87. The molecule has 0 aliphatic rings. The fourth-order valence-corrected chi connectivity index (χ4v) is 3.30. The van der Waals surface area contributed by atoms with Gasteiger partial charge in [-0.15, -0.1) is 11.3 Å². The minimum Gasteiger partial charge on any atom is -0.339 e. The molecule has 9 heteroatoms. The van der Waals surface area contributed by atoms with Crippen molar-refractivity contribution in [3.05, 3.63) is 70.9 Å². The summed E-state index contributed by atoms with van der Waals surface area (Å²) >= 11 is 1.29. The molecule has 8 nitrogen and oxygen atoms in total. The first-order valence-electron chi connectivity index (χ1n) is 8.99. The average Bonchev–Trinajstić information content (AvgIpc) is 3.42. The predicted molar refractivity (Wildman–Crippen MR) is 110 cm³/mol. The lowest BCUT2D eigenvalue weighted by Crippen LogP contribution is -2.54. The van der Waals surface area contributed by atoms with Gasteiger partial charge in [0, 0.05) is 5.69 Å². The summed E-state index contributed by atoms with van der Waals surface area (Å²) in [4.78, 5) is 41.9. The zero-order valence-corrected chi connectivity index (χ0v) is 16.8. The third-order valence-electron chi connectivity index (χ3n) is 4.19. The van der Waals surface area contributed by atoms with Crippen LogP contribution in [0.1, 0.15) is 34.0 Å². The van der Waals surface area contributed by atoms with Crippen molar-refractivity contribution in [3.63, 3.8) is 0 Å². The Hall–Kier alpha value is -3.46. The molecule has 0 spiro atoms.